The lowest BCUT2D eigenvalue weighted by Gasteiger charge is -2.68. The molecular weight excluding hydrogens is 442 g/mol. The number of quaternary nitrogens is 1. The number of rotatable bonds is 7. The summed E-state index contributed by atoms with van der Waals surface area (Å²) in [6.07, 6.45) is 5.48. The molecule has 5 atom stereocenters. The number of phenols is 1. The predicted octanol–water partition coefficient (Wildman–Crippen LogP) is 4.20. The Kier molecular flexibility index (Phi) is 4.71. The number of hydroxylamine groups is 3. The Balaban J connectivity index is 1.31. The number of aryl methyl sites for hydroxylation is 1. The van der Waals surface area contributed by atoms with E-state index in [1.165, 1.54) is 5.56 Å². The minimum atomic E-state index is -0.747. The molecule has 1 spiro atoms. The Labute approximate surface area is 206 Å². The van der Waals surface area contributed by atoms with Gasteiger partial charge in [0.05, 0.1) is 18.5 Å². The molecule has 2 bridgehead atoms. The highest BCUT2D eigenvalue weighted by Gasteiger charge is 2.77. The summed E-state index contributed by atoms with van der Waals surface area (Å²) in [5.41, 5.74) is 1.85. The van der Waals surface area contributed by atoms with Crippen molar-refractivity contribution in [2.75, 3.05) is 19.7 Å². The highest BCUT2D eigenvalue weighted by atomic mass is 16.6. The van der Waals surface area contributed by atoms with Crippen LogP contribution in [0, 0.1) is 11.1 Å². The summed E-state index contributed by atoms with van der Waals surface area (Å²) >= 11 is 0. The molecule has 1 unspecified atom stereocenters. The average Bonchev–Trinajstić information content (AvgIpc) is 3.59. The normalized spacial score (nSPS) is 36.5. The molecule has 3 aliphatic carbocycles. The summed E-state index contributed by atoms with van der Waals surface area (Å²) in [5.74, 6) is 1.12. The third-order valence-corrected chi connectivity index (χ3v) is 9.62. The minimum absolute atomic E-state index is 0.0730. The molecule has 0 aromatic heterocycles. The number of piperidine rings is 1. The lowest BCUT2D eigenvalue weighted by atomic mass is 9.48. The van der Waals surface area contributed by atoms with Crippen LogP contribution in [-0.2, 0) is 27.8 Å². The molecule has 1 saturated heterocycles. The Morgan fingerprint density at radius 3 is 2.77 bits per heavy atom. The SMILES string of the molecule is O=C1CCC2(OCCCc3ccccc3)[C@H]3Cc4ccc(O)c5c4[C@@]2(CC[N@+]3([O-])CC2CC2)[C@H]1O5. The number of carbonyl (C=O) groups excluding carboxylic acids is 1. The summed E-state index contributed by atoms with van der Waals surface area (Å²) < 4.78 is 13.0. The van der Waals surface area contributed by atoms with Crippen molar-refractivity contribution < 1.29 is 24.0 Å². The quantitative estimate of drug-likeness (QED) is 0.369. The molecule has 2 aliphatic heterocycles. The fraction of sp³-hybridized carbons (Fsp3) is 0.552. The monoisotopic (exact) mass is 475 g/mol. The molecule has 0 radical (unpaired) electrons. The van der Waals surface area contributed by atoms with Gasteiger partial charge < -0.3 is 24.4 Å². The van der Waals surface area contributed by atoms with Crippen LogP contribution in [0.3, 0.4) is 0 Å². The molecule has 184 valence electrons. The molecule has 6 heteroatoms. The second-order valence-electron chi connectivity index (χ2n) is 11.5. The molecular formula is C29H33NO5. The van der Waals surface area contributed by atoms with Gasteiger partial charge in [-0.2, -0.15) is 0 Å². The maximum absolute atomic E-state index is 14.6. The van der Waals surface area contributed by atoms with Crippen LogP contribution < -0.4 is 4.74 Å². The molecule has 6 nitrogen and oxygen atoms in total. The van der Waals surface area contributed by atoms with Crippen LogP contribution in [0.25, 0.3) is 0 Å². The van der Waals surface area contributed by atoms with Gasteiger partial charge >= 0.3 is 0 Å². The molecule has 7 rings (SSSR count). The standard InChI is InChI=1S/C29H33NO5/c31-22-11-10-21-17-24-29(34-16-4-7-19-5-2-1-3-6-19)13-12-23(32)27-28(29,25(21)26(22)35-27)14-15-30(24,33)18-20-8-9-20/h1-3,5-6,10-11,20,24,27,31H,4,7-9,12-18H2/t24-,27+,28+,29?,30+/m1/s1. The summed E-state index contributed by atoms with van der Waals surface area (Å²) in [6, 6.07) is 13.8. The van der Waals surface area contributed by atoms with Gasteiger partial charge in [0.15, 0.2) is 23.4 Å². The van der Waals surface area contributed by atoms with E-state index in [0.717, 1.165) is 36.8 Å². The van der Waals surface area contributed by atoms with Crippen molar-refractivity contribution in [3.63, 3.8) is 0 Å². The van der Waals surface area contributed by atoms with Crippen molar-refractivity contribution in [3.05, 3.63) is 64.4 Å². The second kappa shape index (κ2) is 7.55. The first kappa shape index (κ1) is 21.8. The van der Waals surface area contributed by atoms with Crippen molar-refractivity contribution in [3.8, 4) is 11.5 Å². The van der Waals surface area contributed by atoms with E-state index in [1.54, 1.807) is 6.07 Å². The number of carbonyl (C=O) groups is 1. The van der Waals surface area contributed by atoms with Gasteiger partial charge in [-0.1, -0.05) is 36.4 Å². The van der Waals surface area contributed by atoms with Gasteiger partial charge in [0, 0.05) is 37.4 Å². The van der Waals surface area contributed by atoms with Gasteiger partial charge in [-0.15, -0.1) is 0 Å². The zero-order valence-electron chi connectivity index (χ0n) is 20.1. The highest BCUT2D eigenvalue weighted by molar-refractivity contribution is 5.90. The number of benzene rings is 2. The largest absolute Gasteiger partial charge is 0.632 e. The number of ether oxygens (including phenoxy) is 2. The second-order valence-corrected chi connectivity index (χ2v) is 11.5. The van der Waals surface area contributed by atoms with Crippen LogP contribution >= 0.6 is 0 Å². The number of ketones is 1. The van der Waals surface area contributed by atoms with E-state index in [0.29, 0.717) is 57.0 Å². The number of likely N-dealkylation sites (tertiary alicyclic amines) is 1. The predicted molar refractivity (Wildman–Crippen MR) is 130 cm³/mol. The first-order chi connectivity index (χ1) is 17.0. The van der Waals surface area contributed by atoms with Gasteiger partial charge in [0.1, 0.15) is 11.6 Å². The molecule has 2 heterocycles. The summed E-state index contributed by atoms with van der Waals surface area (Å²) in [5, 5.41) is 25.3. The zero-order chi connectivity index (χ0) is 23.8. The van der Waals surface area contributed by atoms with Crippen LogP contribution in [0.2, 0.25) is 0 Å². The van der Waals surface area contributed by atoms with Crippen molar-refractivity contribution >= 4 is 5.78 Å². The molecule has 3 fully saturated rings. The third-order valence-electron chi connectivity index (χ3n) is 9.62. The molecule has 2 aromatic rings. The van der Waals surface area contributed by atoms with Gasteiger partial charge in [-0.05, 0) is 49.3 Å². The molecule has 2 aromatic carbocycles. The van der Waals surface area contributed by atoms with E-state index in [-0.39, 0.29) is 22.2 Å². The maximum Gasteiger partial charge on any atom is 0.174 e. The van der Waals surface area contributed by atoms with Crippen molar-refractivity contribution in [1.29, 1.82) is 0 Å². The Morgan fingerprint density at radius 1 is 1.14 bits per heavy atom. The lowest BCUT2D eigenvalue weighted by molar-refractivity contribution is -0.924. The van der Waals surface area contributed by atoms with Gasteiger partial charge in [0.2, 0.25) is 0 Å². The van der Waals surface area contributed by atoms with E-state index in [2.05, 4.69) is 24.3 Å². The van der Waals surface area contributed by atoms with Crippen LogP contribution in [0.15, 0.2) is 42.5 Å². The van der Waals surface area contributed by atoms with E-state index in [9.17, 15) is 15.1 Å². The minimum Gasteiger partial charge on any atom is -0.632 e. The first-order valence-corrected chi connectivity index (χ1v) is 13.3. The molecule has 35 heavy (non-hydrogen) atoms. The fourth-order valence-electron chi connectivity index (χ4n) is 7.98. The third kappa shape index (κ3) is 2.96. The Hall–Kier alpha value is -2.41. The van der Waals surface area contributed by atoms with Gasteiger partial charge in [-0.25, -0.2) is 0 Å². The van der Waals surface area contributed by atoms with E-state index in [1.807, 2.05) is 12.1 Å². The van der Waals surface area contributed by atoms with Crippen LogP contribution in [0.1, 0.15) is 55.2 Å². The van der Waals surface area contributed by atoms with Crippen molar-refractivity contribution in [2.24, 2.45) is 5.92 Å². The Morgan fingerprint density at radius 2 is 1.97 bits per heavy atom. The topological polar surface area (TPSA) is 78.8 Å². The van der Waals surface area contributed by atoms with E-state index >= 15 is 0 Å². The summed E-state index contributed by atoms with van der Waals surface area (Å²) in [7, 11) is 0. The Bertz CT molecular complexity index is 1180. The van der Waals surface area contributed by atoms with Crippen LogP contribution in [0.5, 0.6) is 11.5 Å². The molecule has 1 N–H and O–H groups in total. The highest BCUT2D eigenvalue weighted by Crippen LogP contribution is 2.67. The zero-order valence-corrected chi connectivity index (χ0v) is 20.1. The van der Waals surface area contributed by atoms with Crippen molar-refractivity contribution in [1.82, 2.24) is 0 Å². The van der Waals surface area contributed by atoms with Gasteiger partial charge in [0.25, 0.3) is 0 Å². The molecule has 0 amide bonds. The number of hydrogen-bond donors (Lipinski definition) is 1. The summed E-state index contributed by atoms with van der Waals surface area (Å²) in [4.78, 5) is 13.3. The van der Waals surface area contributed by atoms with Crippen LogP contribution in [-0.4, -0.2) is 53.0 Å². The smallest absolute Gasteiger partial charge is 0.174 e. The fourth-order valence-corrected chi connectivity index (χ4v) is 7.98. The number of phenolic OH excluding ortho intramolecular Hbond substituents is 1. The number of Topliss-reactive ketones (excluding diaryl/α,β-unsaturated/α-hetero) is 1. The number of hydrogen-bond acceptors (Lipinski definition) is 5. The summed E-state index contributed by atoms with van der Waals surface area (Å²) in [6.45, 7) is 1.68. The number of aromatic hydroxyl groups is 1. The average molecular weight is 476 g/mol. The maximum atomic E-state index is 14.6. The van der Waals surface area contributed by atoms with Crippen molar-refractivity contribution in [2.45, 2.75) is 74.5 Å². The van der Waals surface area contributed by atoms with Gasteiger partial charge in [-0.3, -0.25) is 4.79 Å². The first-order valence-electron chi connectivity index (χ1n) is 13.3. The van der Waals surface area contributed by atoms with E-state index in [4.69, 9.17) is 9.47 Å². The molecule has 5 aliphatic rings. The van der Waals surface area contributed by atoms with Crippen LogP contribution in [0.4, 0.5) is 0 Å². The number of nitrogens with zero attached hydrogens (tertiary/aromatic N) is 1. The molecule has 2 saturated carbocycles. The van der Waals surface area contributed by atoms with E-state index < -0.39 is 17.1 Å². The lowest BCUT2D eigenvalue weighted by Crippen LogP contribution is -2.81.